The second kappa shape index (κ2) is 9.85. The zero-order valence-electron chi connectivity index (χ0n) is 19.4. The topological polar surface area (TPSA) is 72.9 Å². The molecule has 3 aromatic carbocycles. The SMILES string of the molecule is O=C(NCc1ccc(CN2CCCC2)cc1)C1CCCN1C(=O)c1ccc2ccccc2c1O. The molecule has 34 heavy (non-hydrogen) atoms. The third-order valence-electron chi connectivity index (χ3n) is 7.04. The quantitative estimate of drug-likeness (QED) is 0.586. The highest BCUT2D eigenvalue weighted by molar-refractivity contribution is 6.05. The molecule has 2 N–H and O–H groups in total. The molecule has 6 nitrogen and oxygen atoms in total. The Balaban J connectivity index is 1.22. The van der Waals surface area contributed by atoms with Gasteiger partial charge in [-0.3, -0.25) is 14.5 Å². The van der Waals surface area contributed by atoms with Crippen LogP contribution in [0, 0.1) is 0 Å². The van der Waals surface area contributed by atoms with Crippen LogP contribution in [0.25, 0.3) is 10.8 Å². The molecule has 0 radical (unpaired) electrons. The first-order valence-corrected chi connectivity index (χ1v) is 12.2. The van der Waals surface area contributed by atoms with E-state index in [0.29, 0.717) is 24.9 Å². The number of benzene rings is 3. The Kier molecular flexibility index (Phi) is 6.50. The molecule has 2 saturated heterocycles. The van der Waals surface area contributed by atoms with Crippen molar-refractivity contribution in [3.8, 4) is 5.75 Å². The highest BCUT2D eigenvalue weighted by atomic mass is 16.3. The minimum absolute atomic E-state index is 0.0248. The molecule has 2 heterocycles. The van der Waals surface area contributed by atoms with E-state index in [9.17, 15) is 14.7 Å². The number of phenols is 1. The van der Waals surface area contributed by atoms with E-state index in [2.05, 4.69) is 34.5 Å². The van der Waals surface area contributed by atoms with Gasteiger partial charge in [-0.2, -0.15) is 0 Å². The molecule has 0 bridgehead atoms. The van der Waals surface area contributed by atoms with Gasteiger partial charge in [0.1, 0.15) is 11.8 Å². The fourth-order valence-electron chi connectivity index (χ4n) is 5.13. The lowest BCUT2D eigenvalue weighted by Crippen LogP contribution is -2.45. The summed E-state index contributed by atoms with van der Waals surface area (Å²) in [5.74, 6) is -0.470. The van der Waals surface area contributed by atoms with E-state index in [1.54, 1.807) is 17.0 Å². The molecule has 0 aliphatic carbocycles. The standard InChI is InChI=1S/C28H31N3O3/c32-26-23-7-2-1-6-22(23)13-14-24(26)28(34)31-17-5-8-25(31)27(33)29-18-20-9-11-21(12-10-20)19-30-15-3-4-16-30/h1-2,6-7,9-14,25,32H,3-5,8,15-19H2,(H,29,33). The van der Waals surface area contributed by atoms with Crippen LogP contribution in [0.15, 0.2) is 60.7 Å². The number of amides is 2. The maximum Gasteiger partial charge on any atom is 0.258 e. The summed E-state index contributed by atoms with van der Waals surface area (Å²) in [6.45, 7) is 4.27. The second-order valence-electron chi connectivity index (χ2n) is 9.36. The molecule has 2 aliphatic rings. The van der Waals surface area contributed by atoms with Gasteiger partial charge in [0.05, 0.1) is 5.56 Å². The van der Waals surface area contributed by atoms with Crippen LogP contribution in [0.4, 0.5) is 0 Å². The van der Waals surface area contributed by atoms with E-state index < -0.39 is 6.04 Å². The van der Waals surface area contributed by atoms with E-state index in [1.165, 1.54) is 31.5 Å². The largest absolute Gasteiger partial charge is 0.506 e. The molecule has 6 heteroatoms. The summed E-state index contributed by atoms with van der Waals surface area (Å²) in [4.78, 5) is 30.3. The van der Waals surface area contributed by atoms with Crippen molar-refractivity contribution in [3.63, 3.8) is 0 Å². The van der Waals surface area contributed by atoms with Crippen LogP contribution in [0.2, 0.25) is 0 Å². The Morgan fingerprint density at radius 1 is 0.882 bits per heavy atom. The van der Waals surface area contributed by atoms with Gasteiger partial charge in [0.15, 0.2) is 0 Å². The van der Waals surface area contributed by atoms with Crippen LogP contribution in [-0.4, -0.2) is 52.4 Å². The van der Waals surface area contributed by atoms with Gasteiger partial charge in [-0.05, 0) is 61.4 Å². The summed E-state index contributed by atoms with van der Waals surface area (Å²) >= 11 is 0. The summed E-state index contributed by atoms with van der Waals surface area (Å²) in [5.41, 5.74) is 2.58. The zero-order chi connectivity index (χ0) is 23.5. The van der Waals surface area contributed by atoms with Crippen LogP contribution < -0.4 is 5.32 Å². The van der Waals surface area contributed by atoms with Crippen molar-refractivity contribution in [2.45, 2.75) is 44.8 Å². The van der Waals surface area contributed by atoms with Gasteiger partial charge in [0.2, 0.25) is 5.91 Å². The number of phenolic OH excluding ortho intramolecular Hbond substituents is 1. The Labute approximate surface area is 200 Å². The molecular formula is C28H31N3O3. The summed E-state index contributed by atoms with van der Waals surface area (Å²) in [7, 11) is 0. The van der Waals surface area contributed by atoms with Gasteiger partial charge in [0, 0.05) is 25.0 Å². The molecule has 2 aliphatic heterocycles. The molecule has 0 spiro atoms. The number of hydrogen-bond donors (Lipinski definition) is 2. The van der Waals surface area contributed by atoms with Gasteiger partial charge in [-0.15, -0.1) is 0 Å². The number of aromatic hydroxyl groups is 1. The summed E-state index contributed by atoms with van der Waals surface area (Å²) in [6, 6.07) is 18.8. The first-order valence-electron chi connectivity index (χ1n) is 12.2. The van der Waals surface area contributed by atoms with E-state index in [-0.39, 0.29) is 23.1 Å². The first kappa shape index (κ1) is 22.4. The predicted molar refractivity (Wildman–Crippen MR) is 132 cm³/mol. The number of rotatable bonds is 6. The van der Waals surface area contributed by atoms with Crippen molar-refractivity contribution in [1.29, 1.82) is 0 Å². The minimum atomic E-state index is -0.521. The average Bonchev–Trinajstić information content (AvgIpc) is 3.56. The van der Waals surface area contributed by atoms with E-state index >= 15 is 0 Å². The van der Waals surface area contributed by atoms with Crippen molar-refractivity contribution < 1.29 is 14.7 Å². The first-order chi connectivity index (χ1) is 16.6. The molecule has 176 valence electrons. The van der Waals surface area contributed by atoms with Crippen LogP contribution in [0.3, 0.4) is 0 Å². The average molecular weight is 458 g/mol. The minimum Gasteiger partial charge on any atom is -0.506 e. The summed E-state index contributed by atoms with van der Waals surface area (Å²) < 4.78 is 0. The Morgan fingerprint density at radius 2 is 1.62 bits per heavy atom. The fraction of sp³-hybridized carbons (Fsp3) is 0.357. The third kappa shape index (κ3) is 4.64. The van der Waals surface area contributed by atoms with Crippen LogP contribution in [-0.2, 0) is 17.9 Å². The van der Waals surface area contributed by atoms with Gasteiger partial charge < -0.3 is 15.3 Å². The third-order valence-corrected chi connectivity index (χ3v) is 7.04. The molecule has 5 rings (SSSR count). The molecular weight excluding hydrogens is 426 g/mol. The number of nitrogens with one attached hydrogen (secondary N) is 1. The summed E-state index contributed by atoms with van der Waals surface area (Å²) in [5, 5.41) is 15.2. The number of carbonyl (C=O) groups is 2. The van der Waals surface area contributed by atoms with E-state index in [4.69, 9.17) is 0 Å². The number of hydrogen-bond acceptors (Lipinski definition) is 4. The predicted octanol–water partition coefficient (Wildman–Crippen LogP) is 4.06. The Hall–Kier alpha value is -3.38. The van der Waals surface area contributed by atoms with Crippen molar-refractivity contribution in [3.05, 3.63) is 77.4 Å². The highest BCUT2D eigenvalue weighted by Crippen LogP contribution is 2.31. The van der Waals surface area contributed by atoms with Gasteiger partial charge in [-0.1, -0.05) is 54.6 Å². The second-order valence-corrected chi connectivity index (χ2v) is 9.36. The van der Waals surface area contributed by atoms with Crippen molar-refractivity contribution in [1.82, 2.24) is 15.1 Å². The number of carbonyl (C=O) groups excluding carboxylic acids is 2. The Bertz CT molecular complexity index is 1190. The number of likely N-dealkylation sites (tertiary alicyclic amines) is 2. The molecule has 0 aromatic heterocycles. The van der Waals surface area contributed by atoms with Crippen LogP contribution in [0.5, 0.6) is 5.75 Å². The van der Waals surface area contributed by atoms with Crippen LogP contribution >= 0.6 is 0 Å². The summed E-state index contributed by atoms with van der Waals surface area (Å²) in [6.07, 6.45) is 3.96. The van der Waals surface area contributed by atoms with E-state index in [1.807, 2.05) is 24.3 Å². The lowest BCUT2D eigenvalue weighted by Gasteiger charge is -2.24. The van der Waals surface area contributed by atoms with Crippen molar-refractivity contribution in [2.24, 2.45) is 0 Å². The van der Waals surface area contributed by atoms with Gasteiger partial charge >= 0.3 is 0 Å². The Morgan fingerprint density at radius 3 is 2.41 bits per heavy atom. The number of fused-ring (bicyclic) bond motifs is 1. The smallest absolute Gasteiger partial charge is 0.258 e. The maximum atomic E-state index is 13.3. The molecule has 2 fully saturated rings. The van der Waals surface area contributed by atoms with Gasteiger partial charge in [-0.25, -0.2) is 0 Å². The van der Waals surface area contributed by atoms with Gasteiger partial charge in [0.25, 0.3) is 5.91 Å². The van der Waals surface area contributed by atoms with Crippen LogP contribution in [0.1, 0.15) is 47.2 Å². The molecule has 3 aromatic rings. The molecule has 2 amide bonds. The monoisotopic (exact) mass is 457 g/mol. The fourth-order valence-corrected chi connectivity index (χ4v) is 5.13. The zero-order valence-corrected chi connectivity index (χ0v) is 19.4. The lowest BCUT2D eigenvalue weighted by molar-refractivity contribution is -0.125. The number of nitrogens with zero attached hydrogens (tertiary/aromatic N) is 2. The lowest BCUT2D eigenvalue weighted by atomic mass is 10.0. The maximum absolute atomic E-state index is 13.3. The normalized spacial score (nSPS) is 18.5. The molecule has 1 unspecified atom stereocenters. The molecule has 1 atom stereocenters. The van der Waals surface area contributed by atoms with E-state index in [0.717, 1.165) is 23.9 Å². The van der Waals surface area contributed by atoms with Crippen molar-refractivity contribution >= 4 is 22.6 Å². The van der Waals surface area contributed by atoms with Crippen molar-refractivity contribution in [2.75, 3.05) is 19.6 Å². The highest BCUT2D eigenvalue weighted by Gasteiger charge is 2.35. The molecule has 0 saturated carbocycles.